The van der Waals surface area contributed by atoms with Gasteiger partial charge < -0.3 is 15.5 Å². The molecule has 3 nitrogen and oxygen atoms in total. The zero-order chi connectivity index (χ0) is 14.9. The molecule has 3 unspecified atom stereocenters. The van der Waals surface area contributed by atoms with Gasteiger partial charge in [-0.25, -0.2) is 0 Å². The Balaban J connectivity index is 2.16. The van der Waals surface area contributed by atoms with Gasteiger partial charge in [-0.2, -0.15) is 11.8 Å². The third-order valence-corrected chi connectivity index (χ3v) is 5.01. The number of hydrogen-bond donors (Lipinski definition) is 3. The first-order valence-electron chi connectivity index (χ1n) is 7.13. The fraction of sp³-hybridized carbons (Fsp3) is 0.625. The summed E-state index contributed by atoms with van der Waals surface area (Å²) in [5.74, 6) is 1.52. The van der Waals surface area contributed by atoms with Crippen LogP contribution in [-0.2, 0) is 0 Å². The standard InChI is InChI=1S/C16H25NO2S/c1-10-5-6-13(18)15-12(7-11(2)14(10)15)17-8-16(3,19)9-20-4/h5-6,11-12,17-19H,7-9H2,1-4H3. The number of fused-ring (bicyclic) bond motifs is 1. The number of thioether (sulfide) groups is 1. The van der Waals surface area contributed by atoms with Gasteiger partial charge in [-0.1, -0.05) is 13.0 Å². The highest BCUT2D eigenvalue weighted by Crippen LogP contribution is 2.45. The molecule has 0 radical (unpaired) electrons. The van der Waals surface area contributed by atoms with E-state index in [-0.39, 0.29) is 6.04 Å². The van der Waals surface area contributed by atoms with E-state index in [1.165, 1.54) is 11.1 Å². The smallest absolute Gasteiger partial charge is 0.120 e. The molecule has 1 aromatic rings. The van der Waals surface area contributed by atoms with Crippen LogP contribution in [0.5, 0.6) is 5.75 Å². The highest BCUT2D eigenvalue weighted by atomic mass is 32.2. The van der Waals surface area contributed by atoms with E-state index < -0.39 is 5.60 Å². The zero-order valence-electron chi connectivity index (χ0n) is 12.7. The van der Waals surface area contributed by atoms with E-state index in [4.69, 9.17) is 0 Å². The number of rotatable bonds is 5. The number of aliphatic hydroxyl groups is 1. The van der Waals surface area contributed by atoms with Crippen molar-refractivity contribution < 1.29 is 10.2 Å². The molecule has 0 aliphatic heterocycles. The highest BCUT2D eigenvalue weighted by Gasteiger charge is 2.33. The van der Waals surface area contributed by atoms with Gasteiger partial charge in [0.2, 0.25) is 0 Å². The Kier molecular flexibility index (Phi) is 4.67. The first kappa shape index (κ1) is 15.7. The minimum absolute atomic E-state index is 0.133. The maximum atomic E-state index is 10.3. The predicted octanol–water partition coefficient (Wildman–Crippen LogP) is 2.95. The second-order valence-electron chi connectivity index (χ2n) is 6.23. The summed E-state index contributed by atoms with van der Waals surface area (Å²) in [5, 5.41) is 23.9. The fourth-order valence-corrected chi connectivity index (χ4v) is 3.96. The number of phenolic OH excluding ortho intramolecular Hbond substituents is 1. The molecule has 0 fully saturated rings. The van der Waals surface area contributed by atoms with Crippen molar-refractivity contribution in [3.05, 3.63) is 28.8 Å². The molecule has 1 aromatic carbocycles. The van der Waals surface area contributed by atoms with Gasteiger partial charge in [0.1, 0.15) is 5.75 Å². The summed E-state index contributed by atoms with van der Waals surface area (Å²) in [6.45, 7) is 6.69. The normalized spacial score (nSPS) is 24.4. The molecule has 20 heavy (non-hydrogen) atoms. The summed E-state index contributed by atoms with van der Waals surface area (Å²) >= 11 is 1.64. The Hall–Kier alpha value is -0.710. The summed E-state index contributed by atoms with van der Waals surface area (Å²) in [4.78, 5) is 0. The van der Waals surface area contributed by atoms with Crippen molar-refractivity contribution in [3.8, 4) is 5.75 Å². The molecule has 1 aliphatic rings. The summed E-state index contributed by atoms with van der Waals surface area (Å²) in [7, 11) is 0. The van der Waals surface area contributed by atoms with Crippen molar-refractivity contribution in [1.82, 2.24) is 5.32 Å². The molecule has 3 N–H and O–H groups in total. The molecule has 0 saturated carbocycles. The average molecular weight is 295 g/mol. The molecule has 1 aliphatic carbocycles. The molecular weight excluding hydrogens is 270 g/mol. The van der Waals surface area contributed by atoms with Gasteiger partial charge in [-0.05, 0) is 49.6 Å². The van der Waals surface area contributed by atoms with Crippen molar-refractivity contribution >= 4 is 11.8 Å². The van der Waals surface area contributed by atoms with Gasteiger partial charge in [-0.15, -0.1) is 0 Å². The Bertz CT molecular complexity index is 488. The maximum Gasteiger partial charge on any atom is 0.120 e. The van der Waals surface area contributed by atoms with E-state index in [0.717, 1.165) is 12.0 Å². The molecule has 0 amide bonds. The largest absolute Gasteiger partial charge is 0.508 e. The topological polar surface area (TPSA) is 52.5 Å². The van der Waals surface area contributed by atoms with Crippen LogP contribution >= 0.6 is 11.8 Å². The molecule has 0 aromatic heterocycles. The molecular formula is C16H25NO2S. The average Bonchev–Trinajstić information content (AvgIpc) is 2.70. The summed E-state index contributed by atoms with van der Waals surface area (Å²) in [6.07, 6.45) is 2.97. The van der Waals surface area contributed by atoms with Crippen LogP contribution in [0.1, 0.15) is 48.9 Å². The summed E-state index contributed by atoms with van der Waals surface area (Å²) in [6, 6.07) is 3.89. The monoisotopic (exact) mass is 295 g/mol. The first-order valence-corrected chi connectivity index (χ1v) is 8.52. The molecule has 0 saturated heterocycles. The van der Waals surface area contributed by atoms with Crippen LogP contribution in [0.4, 0.5) is 0 Å². The lowest BCUT2D eigenvalue weighted by atomic mass is 9.97. The lowest BCUT2D eigenvalue weighted by Crippen LogP contribution is -2.41. The van der Waals surface area contributed by atoms with E-state index in [0.29, 0.717) is 24.0 Å². The maximum absolute atomic E-state index is 10.3. The summed E-state index contributed by atoms with van der Waals surface area (Å²) < 4.78 is 0. The summed E-state index contributed by atoms with van der Waals surface area (Å²) in [5.41, 5.74) is 2.82. The van der Waals surface area contributed by atoms with E-state index in [9.17, 15) is 10.2 Å². The lowest BCUT2D eigenvalue weighted by molar-refractivity contribution is 0.0811. The van der Waals surface area contributed by atoms with Crippen LogP contribution in [0.15, 0.2) is 12.1 Å². The van der Waals surface area contributed by atoms with Gasteiger partial charge >= 0.3 is 0 Å². The molecule has 0 heterocycles. The Morgan fingerprint density at radius 2 is 2.10 bits per heavy atom. The Morgan fingerprint density at radius 1 is 1.40 bits per heavy atom. The third kappa shape index (κ3) is 3.13. The van der Waals surface area contributed by atoms with Crippen molar-refractivity contribution in [1.29, 1.82) is 0 Å². The van der Waals surface area contributed by atoms with Crippen molar-refractivity contribution in [2.75, 3.05) is 18.6 Å². The van der Waals surface area contributed by atoms with Crippen LogP contribution < -0.4 is 5.32 Å². The molecule has 3 atom stereocenters. The minimum atomic E-state index is -0.717. The van der Waals surface area contributed by atoms with Crippen LogP contribution in [0.25, 0.3) is 0 Å². The Labute approximate surface area is 125 Å². The lowest BCUT2D eigenvalue weighted by Gasteiger charge is -2.25. The van der Waals surface area contributed by atoms with Crippen molar-refractivity contribution in [2.45, 2.75) is 44.8 Å². The molecule has 112 valence electrons. The zero-order valence-corrected chi connectivity index (χ0v) is 13.5. The van der Waals surface area contributed by atoms with E-state index in [2.05, 4.69) is 19.2 Å². The van der Waals surface area contributed by atoms with E-state index in [1.54, 1.807) is 17.8 Å². The fourth-order valence-electron chi connectivity index (χ4n) is 3.23. The van der Waals surface area contributed by atoms with E-state index in [1.807, 2.05) is 19.2 Å². The van der Waals surface area contributed by atoms with E-state index >= 15 is 0 Å². The highest BCUT2D eigenvalue weighted by molar-refractivity contribution is 7.98. The number of aryl methyl sites for hydroxylation is 1. The molecule has 0 bridgehead atoms. The van der Waals surface area contributed by atoms with Crippen molar-refractivity contribution in [2.24, 2.45) is 0 Å². The van der Waals surface area contributed by atoms with Crippen LogP contribution in [0.3, 0.4) is 0 Å². The molecule has 0 spiro atoms. The first-order chi connectivity index (χ1) is 9.35. The van der Waals surface area contributed by atoms with Gasteiger partial charge in [0.15, 0.2) is 0 Å². The number of nitrogens with one attached hydrogen (secondary N) is 1. The van der Waals surface area contributed by atoms with Gasteiger partial charge in [0.25, 0.3) is 0 Å². The third-order valence-electron chi connectivity index (χ3n) is 4.10. The predicted molar refractivity (Wildman–Crippen MR) is 85.6 cm³/mol. The number of hydrogen-bond acceptors (Lipinski definition) is 4. The number of phenols is 1. The van der Waals surface area contributed by atoms with Crippen LogP contribution in [0.2, 0.25) is 0 Å². The van der Waals surface area contributed by atoms with Gasteiger partial charge in [0.05, 0.1) is 5.60 Å². The second-order valence-corrected chi connectivity index (χ2v) is 7.10. The number of aromatic hydroxyl groups is 1. The molecule has 4 heteroatoms. The second kappa shape index (κ2) is 5.96. The minimum Gasteiger partial charge on any atom is -0.508 e. The quantitative estimate of drug-likeness (QED) is 0.782. The molecule has 2 rings (SSSR count). The van der Waals surface area contributed by atoms with Crippen molar-refractivity contribution in [3.63, 3.8) is 0 Å². The van der Waals surface area contributed by atoms with Crippen LogP contribution in [-0.4, -0.2) is 34.4 Å². The van der Waals surface area contributed by atoms with Gasteiger partial charge in [0, 0.05) is 23.9 Å². The SMILES string of the molecule is CSCC(C)(O)CNC1CC(C)c2c(C)ccc(O)c21. The Morgan fingerprint density at radius 3 is 2.75 bits per heavy atom. The number of benzene rings is 1. The van der Waals surface area contributed by atoms with Gasteiger partial charge in [-0.3, -0.25) is 0 Å². The van der Waals surface area contributed by atoms with Crippen LogP contribution in [0, 0.1) is 6.92 Å².